The molecule has 2 aromatic heterocycles. The first kappa shape index (κ1) is 26.5. The predicted octanol–water partition coefficient (Wildman–Crippen LogP) is 4.14. The Kier molecular flexibility index (Phi) is 7.73. The van der Waals surface area contributed by atoms with Crippen molar-refractivity contribution in [3.05, 3.63) is 60.8 Å². The minimum atomic E-state index is -4.06. The molecule has 2 unspecified atom stereocenters. The second kappa shape index (κ2) is 10.8. The van der Waals surface area contributed by atoms with E-state index in [4.69, 9.17) is 13.8 Å². The van der Waals surface area contributed by atoms with Crippen molar-refractivity contribution in [1.82, 2.24) is 24.6 Å². The van der Waals surface area contributed by atoms with Gasteiger partial charge in [-0.15, -0.1) is 0 Å². The first-order valence-electron chi connectivity index (χ1n) is 11.8. The van der Waals surface area contributed by atoms with Gasteiger partial charge in [-0.25, -0.2) is 19.5 Å². The molecule has 1 aliphatic rings. The van der Waals surface area contributed by atoms with Crippen molar-refractivity contribution in [3.63, 3.8) is 0 Å². The number of imidazole rings is 1. The van der Waals surface area contributed by atoms with Crippen LogP contribution in [-0.4, -0.2) is 44.2 Å². The van der Waals surface area contributed by atoms with E-state index in [0.29, 0.717) is 22.5 Å². The average Bonchev–Trinajstić information content (AvgIpc) is 3.27. The highest BCUT2D eigenvalue weighted by Crippen LogP contribution is 2.52. The first-order valence-corrected chi connectivity index (χ1v) is 13.4. The molecule has 37 heavy (non-hydrogen) atoms. The minimum Gasteiger partial charge on any atom is -0.462 e. The molecule has 1 N–H and O–H groups in total. The number of carbonyl (C=O) groups excluding carboxylic acids is 1. The van der Waals surface area contributed by atoms with Gasteiger partial charge in [-0.2, -0.15) is 10.3 Å². The zero-order chi connectivity index (χ0) is 26.7. The van der Waals surface area contributed by atoms with Gasteiger partial charge >= 0.3 is 13.7 Å². The number of rotatable bonds is 10. The van der Waals surface area contributed by atoms with Crippen LogP contribution in [0.3, 0.4) is 0 Å². The SMILES string of the molecule is C=C1[C@@H](n2cnc3c(C)ncnc32)[C@H](C#N)[C@H]1COP(=O)(NC(C)C(=O)OC(C)C)Oc1ccccc1. The molecule has 0 aliphatic heterocycles. The van der Waals surface area contributed by atoms with Gasteiger partial charge in [0.1, 0.15) is 23.6 Å². The molecular formula is C25H29N6O5P. The molecule has 5 atom stereocenters. The Hall–Kier alpha value is -3.58. The van der Waals surface area contributed by atoms with Gasteiger partial charge in [-0.1, -0.05) is 24.8 Å². The smallest absolute Gasteiger partial charge is 0.459 e. The summed E-state index contributed by atoms with van der Waals surface area (Å²) in [5.41, 5.74) is 2.70. The normalized spacial score (nSPS) is 21.6. The number of ether oxygens (including phenoxy) is 1. The largest absolute Gasteiger partial charge is 0.462 e. The Morgan fingerprint density at radius 1 is 1.24 bits per heavy atom. The van der Waals surface area contributed by atoms with Gasteiger partial charge in [-0.05, 0) is 45.4 Å². The maximum atomic E-state index is 13.7. The van der Waals surface area contributed by atoms with Crippen LogP contribution >= 0.6 is 7.75 Å². The fourth-order valence-electron chi connectivity index (χ4n) is 4.19. The van der Waals surface area contributed by atoms with Crippen LogP contribution < -0.4 is 9.61 Å². The van der Waals surface area contributed by atoms with Crippen LogP contribution in [0.4, 0.5) is 0 Å². The van der Waals surface area contributed by atoms with Gasteiger partial charge in [0.05, 0.1) is 42.8 Å². The number of para-hydroxylation sites is 1. The topological polar surface area (TPSA) is 141 Å². The monoisotopic (exact) mass is 524 g/mol. The quantitative estimate of drug-likeness (QED) is 0.234. The van der Waals surface area contributed by atoms with Gasteiger partial charge in [0, 0.05) is 5.92 Å². The van der Waals surface area contributed by atoms with E-state index < -0.39 is 31.6 Å². The Balaban J connectivity index is 1.51. The summed E-state index contributed by atoms with van der Waals surface area (Å²) in [6, 6.07) is 9.45. The predicted molar refractivity (Wildman–Crippen MR) is 135 cm³/mol. The van der Waals surface area contributed by atoms with E-state index in [1.807, 2.05) is 6.92 Å². The molecule has 1 fully saturated rings. The molecule has 3 aromatic rings. The van der Waals surface area contributed by atoms with Crippen LogP contribution in [0, 0.1) is 30.1 Å². The third kappa shape index (κ3) is 5.57. The van der Waals surface area contributed by atoms with Crippen LogP contribution in [0.25, 0.3) is 11.2 Å². The van der Waals surface area contributed by atoms with Crippen molar-refractivity contribution < 1.29 is 23.1 Å². The molecule has 1 saturated carbocycles. The number of carbonyl (C=O) groups is 1. The minimum absolute atomic E-state index is 0.114. The maximum absolute atomic E-state index is 13.7. The van der Waals surface area contributed by atoms with Crippen LogP contribution in [0.1, 0.15) is 32.5 Å². The lowest BCUT2D eigenvalue weighted by Gasteiger charge is -2.43. The third-order valence-corrected chi connectivity index (χ3v) is 7.71. The van der Waals surface area contributed by atoms with Crippen LogP contribution in [0.15, 0.2) is 55.1 Å². The number of benzene rings is 1. The van der Waals surface area contributed by atoms with E-state index in [2.05, 4.69) is 32.7 Å². The summed E-state index contributed by atoms with van der Waals surface area (Å²) in [4.78, 5) is 25.2. The molecule has 2 heterocycles. The van der Waals surface area contributed by atoms with Crippen molar-refractivity contribution in [1.29, 1.82) is 5.26 Å². The molecule has 1 aliphatic carbocycles. The fourth-order valence-corrected chi connectivity index (χ4v) is 5.71. The van der Waals surface area contributed by atoms with E-state index in [1.165, 1.54) is 13.3 Å². The third-order valence-electron chi connectivity index (χ3n) is 6.07. The van der Waals surface area contributed by atoms with E-state index in [9.17, 15) is 14.6 Å². The van der Waals surface area contributed by atoms with Gasteiger partial charge < -0.3 is 13.8 Å². The molecule has 12 heteroatoms. The molecule has 0 saturated heterocycles. The lowest BCUT2D eigenvalue weighted by atomic mass is 9.66. The van der Waals surface area contributed by atoms with E-state index in [0.717, 1.165) is 5.69 Å². The van der Waals surface area contributed by atoms with Crippen LogP contribution in [-0.2, 0) is 18.6 Å². The molecule has 0 amide bonds. The van der Waals surface area contributed by atoms with Gasteiger partial charge in [0.25, 0.3) is 0 Å². The number of hydrogen-bond acceptors (Lipinski definition) is 9. The van der Waals surface area contributed by atoms with Crippen molar-refractivity contribution in [2.24, 2.45) is 11.8 Å². The van der Waals surface area contributed by atoms with Crippen molar-refractivity contribution in [2.75, 3.05) is 6.61 Å². The highest BCUT2D eigenvalue weighted by Gasteiger charge is 2.48. The van der Waals surface area contributed by atoms with E-state index in [1.54, 1.807) is 55.1 Å². The molecule has 194 valence electrons. The summed E-state index contributed by atoms with van der Waals surface area (Å²) in [6.45, 7) is 10.8. The number of aryl methyl sites for hydroxylation is 1. The number of hydrogen-bond donors (Lipinski definition) is 1. The maximum Gasteiger partial charge on any atom is 0.459 e. The van der Waals surface area contributed by atoms with Crippen molar-refractivity contribution in [3.8, 4) is 11.8 Å². The molecule has 1 aromatic carbocycles. The molecule has 4 rings (SSSR count). The number of esters is 1. The lowest BCUT2D eigenvalue weighted by Crippen LogP contribution is -2.43. The van der Waals surface area contributed by atoms with E-state index in [-0.39, 0.29) is 18.8 Å². The Bertz CT molecular complexity index is 1390. The first-order chi connectivity index (χ1) is 17.6. The average molecular weight is 525 g/mol. The number of nitriles is 1. The van der Waals surface area contributed by atoms with E-state index >= 15 is 0 Å². The number of nitrogens with zero attached hydrogens (tertiary/aromatic N) is 5. The summed E-state index contributed by atoms with van der Waals surface area (Å²) in [5.74, 6) is -1.26. The van der Waals surface area contributed by atoms with Crippen LogP contribution in [0.2, 0.25) is 0 Å². The second-order valence-electron chi connectivity index (χ2n) is 9.10. The Morgan fingerprint density at radius 2 is 1.97 bits per heavy atom. The molecule has 0 radical (unpaired) electrons. The highest BCUT2D eigenvalue weighted by molar-refractivity contribution is 7.52. The van der Waals surface area contributed by atoms with Gasteiger partial charge in [0.2, 0.25) is 0 Å². The summed E-state index contributed by atoms with van der Waals surface area (Å²) in [7, 11) is -4.06. The second-order valence-corrected chi connectivity index (χ2v) is 10.8. The summed E-state index contributed by atoms with van der Waals surface area (Å²) in [6.07, 6.45) is 2.73. The Morgan fingerprint density at radius 3 is 2.65 bits per heavy atom. The molecule has 0 spiro atoms. The number of nitrogens with one attached hydrogen (secondary N) is 1. The lowest BCUT2D eigenvalue weighted by molar-refractivity contribution is -0.149. The zero-order valence-electron chi connectivity index (χ0n) is 21.1. The molecular weight excluding hydrogens is 495 g/mol. The Labute approximate surface area is 215 Å². The van der Waals surface area contributed by atoms with Crippen molar-refractivity contribution in [2.45, 2.75) is 45.9 Å². The number of fused-ring (bicyclic) bond motifs is 1. The summed E-state index contributed by atoms with van der Waals surface area (Å²) < 4.78 is 32.2. The summed E-state index contributed by atoms with van der Waals surface area (Å²) >= 11 is 0. The molecule has 0 bridgehead atoms. The van der Waals surface area contributed by atoms with Gasteiger partial charge in [0.15, 0.2) is 5.65 Å². The van der Waals surface area contributed by atoms with Gasteiger partial charge in [-0.3, -0.25) is 9.32 Å². The van der Waals surface area contributed by atoms with Crippen LogP contribution in [0.5, 0.6) is 5.75 Å². The fraction of sp³-hybridized carbons (Fsp3) is 0.400. The van der Waals surface area contributed by atoms with Crippen molar-refractivity contribution >= 4 is 24.9 Å². The number of aromatic nitrogens is 4. The standard InChI is InChI=1S/C25H29N6O5P/c1-15(2)35-25(32)18(5)30-37(33,36-19-9-7-6-8-10-19)34-12-21-16(3)23(20(21)11-26)31-14-29-22-17(4)27-13-28-24(22)31/h6-10,13-15,18,20-21,23H,3,12H2,1-2,4-5H3,(H,30,33)/t18?,20-,21+,23-,37?/m1/s1. The zero-order valence-corrected chi connectivity index (χ0v) is 22.0. The molecule has 11 nitrogen and oxygen atoms in total. The summed E-state index contributed by atoms with van der Waals surface area (Å²) in [5, 5.41) is 12.6. The highest BCUT2D eigenvalue weighted by atomic mass is 31.2.